The number of allylic oxidation sites excluding steroid dienone is 1. The Labute approximate surface area is 250 Å². The van der Waals surface area contributed by atoms with Crippen LogP contribution in [0.3, 0.4) is 0 Å². The Balaban J connectivity index is 1.56. The fraction of sp³-hybridized carbons (Fsp3) is 0.188. The summed E-state index contributed by atoms with van der Waals surface area (Å²) in [4.78, 5) is 48.3. The third-order valence-corrected chi connectivity index (χ3v) is 8.63. The molecule has 0 aliphatic carbocycles. The number of ether oxygens (including phenoxy) is 2. The number of para-hydroxylation sites is 1. The van der Waals surface area contributed by atoms with Gasteiger partial charge >= 0.3 is 5.97 Å². The number of carbonyl (C=O) groups is 2. The van der Waals surface area contributed by atoms with Crippen LogP contribution >= 0.6 is 22.9 Å². The number of hydrogen-bond donors (Lipinski definition) is 0. The molecular weight excluding hydrogens is 574 g/mol. The van der Waals surface area contributed by atoms with Crippen molar-refractivity contribution in [3.63, 3.8) is 0 Å². The standard InChI is InChI=1S/C32H26ClN3O5S/c1-4-41-31(39)25-18(2)34-32-36(27(25)20-11-15-22(40-3)16-12-20)30(38)28(42-32)26-23-7-5-6-8-24(23)35(29(26)37)17-19-9-13-21(33)14-10-19/h5-16,27H,4,17H2,1-3H3/b28-26+/t27-/m1/s1. The summed E-state index contributed by atoms with van der Waals surface area (Å²) in [6.07, 6.45) is 0. The van der Waals surface area contributed by atoms with Crippen molar-refractivity contribution < 1.29 is 19.1 Å². The van der Waals surface area contributed by atoms with Crippen molar-refractivity contribution in [2.45, 2.75) is 26.4 Å². The molecule has 0 fully saturated rings. The molecule has 2 aliphatic rings. The zero-order chi connectivity index (χ0) is 29.5. The van der Waals surface area contributed by atoms with Crippen molar-refractivity contribution in [1.82, 2.24) is 4.57 Å². The molecular formula is C32H26ClN3O5S. The van der Waals surface area contributed by atoms with Gasteiger partial charge in [0.05, 0.1) is 48.8 Å². The predicted molar refractivity (Wildman–Crippen MR) is 161 cm³/mol. The molecule has 6 rings (SSSR count). The lowest BCUT2D eigenvalue weighted by molar-refractivity contribution is -0.139. The van der Waals surface area contributed by atoms with Gasteiger partial charge in [-0.15, -0.1) is 0 Å². The second-order valence-corrected chi connectivity index (χ2v) is 11.2. The summed E-state index contributed by atoms with van der Waals surface area (Å²) < 4.78 is 12.5. The van der Waals surface area contributed by atoms with Crippen LogP contribution in [0.15, 0.2) is 93.9 Å². The number of hydrogen-bond acceptors (Lipinski definition) is 7. The SMILES string of the molecule is CCOC(=O)C1=C(C)N=c2s/c(=C3/C(=O)N(Cc4ccc(Cl)cc4)c4ccccc43)c(=O)n2[C@@H]1c1ccc(OC)cc1. The summed E-state index contributed by atoms with van der Waals surface area (Å²) >= 11 is 7.21. The smallest absolute Gasteiger partial charge is 0.338 e. The topological polar surface area (TPSA) is 90.2 Å². The highest BCUT2D eigenvalue weighted by Crippen LogP contribution is 2.37. The van der Waals surface area contributed by atoms with E-state index in [0.29, 0.717) is 50.2 Å². The largest absolute Gasteiger partial charge is 0.497 e. The maximum atomic E-state index is 14.3. The Kier molecular flexibility index (Phi) is 7.30. The molecule has 3 aromatic carbocycles. The van der Waals surface area contributed by atoms with Gasteiger partial charge in [-0.05, 0) is 55.3 Å². The second kappa shape index (κ2) is 11.1. The maximum Gasteiger partial charge on any atom is 0.338 e. The van der Waals surface area contributed by atoms with Crippen LogP contribution in [0.25, 0.3) is 5.57 Å². The quantitative estimate of drug-likeness (QED) is 0.307. The Morgan fingerprint density at radius 2 is 1.74 bits per heavy atom. The first kappa shape index (κ1) is 27.7. The summed E-state index contributed by atoms with van der Waals surface area (Å²) in [6.45, 7) is 3.95. The molecule has 0 radical (unpaired) electrons. The predicted octanol–water partition coefficient (Wildman–Crippen LogP) is 4.38. The summed E-state index contributed by atoms with van der Waals surface area (Å²) in [5.41, 5.74) is 3.61. The third kappa shape index (κ3) is 4.64. The summed E-state index contributed by atoms with van der Waals surface area (Å²) in [7, 11) is 1.57. The van der Waals surface area contributed by atoms with Gasteiger partial charge in [0.2, 0.25) is 0 Å². The number of fused-ring (bicyclic) bond motifs is 2. The van der Waals surface area contributed by atoms with E-state index in [1.165, 1.54) is 4.57 Å². The number of nitrogens with zero attached hydrogens (tertiary/aromatic N) is 3. The lowest BCUT2D eigenvalue weighted by Gasteiger charge is -2.24. The summed E-state index contributed by atoms with van der Waals surface area (Å²) in [6, 6.07) is 21.1. The number of rotatable bonds is 6. The number of amides is 1. The maximum absolute atomic E-state index is 14.3. The summed E-state index contributed by atoms with van der Waals surface area (Å²) in [5.74, 6) is -0.187. The molecule has 0 bridgehead atoms. The molecule has 212 valence electrons. The van der Waals surface area contributed by atoms with Gasteiger partial charge in [-0.2, -0.15) is 0 Å². The number of methoxy groups -OCH3 is 1. The van der Waals surface area contributed by atoms with E-state index in [1.54, 1.807) is 50.1 Å². The van der Waals surface area contributed by atoms with Gasteiger partial charge in [0.15, 0.2) is 4.80 Å². The Morgan fingerprint density at radius 3 is 2.43 bits per heavy atom. The number of thiazole rings is 1. The first-order valence-electron chi connectivity index (χ1n) is 13.3. The van der Waals surface area contributed by atoms with Crippen molar-refractivity contribution >= 4 is 46.1 Å². The number of benzene rings is 3. The van der Waals surface area contributed by atoms with E-state index in [0.717, 1.165) is 16.9 Å². The van der Waals surface area contributed by atoms with Gasteiger partial charge in [-0.1, -0.05) is 65.4 Å². The third-order valence-electron chi connectivity index (χ3n) is 7.33. The fourth-order valence-electron chi connectivity index (χ4n) is 5.37. The van der Waals surface area contributed by atoms with E-state index in [9.17, 15) is 14.4 Å². The highest BCUT2D eigenvalue weighted by atomic mass is 35.5. The fourth-order valence-corrected chi connectivity index (χ4v) is 6.64. The molecule has 3 heterocycles. The molecule has 0 unspecified atom stereocenters. The van der Waals surface area contributed by atoms with Gasteiger partial charge < -0.3 is 14.4 Å². The van der Waals surface area contributed by atoms with Gasteiger partial charge in [0, 0.05) is 10.6 Å². The number of halogens is 1. The lowest BCUT2D eigenvalue weighted by Crippen LogP contribution is -2.41. The van der Waals surface area contributed by atoms with Crippen LogP contribution in [0.2, 0.25) is 5.02 Å². The van der Waals surface area contributed by atoms with Gasteiger partial charge in [0.1, 0.15) is 10.3 Å². The van der Waals surface area contributed by atoms with E-state index < -0.39 is 17.6 Å². The number of aromatic nitrogens is 1. The lowest BCUT2D eigenvalue weighted by atomic mass is 9.96. The van der Waals surface area contributed by atoms with E-state index in [4.69, 9.17) is 21.1 Å². The molecule has 0 saturated heterocycles. The Morgan fingerprint density at radius 1 is 1.02 bits per heavy atom. The van der Waals surface area contributed by atoms with Crippen LogP contribution < -0.4 is 24.5 Å². The molecule has 0 spiro atoms. The van der Waals surface area contributed by atoms with Crippen LogP contribution in [0.1, 0.15) is 36.6 Å². The minimum absolute atomic E-state index is 0.175. The van der Waals surface area contributed by atoms with Gasteiger partial charge in [-0.25, -0.2) is 9.79 Å². The molecule has 10 heteroatoms. The highest BCUT2D eigenvalue weighted by Gasteiger charge is 2.37. The summed E-state index contributed by atoms with van der Waals surface area (Å²) in [5, 5.41) is 0.609. The molecule has 1 amide bonds. The Hall–Kier alpha value is -4.47. The van der Waals surface area contributed by atoms with Crippen LogP contribution in [0.4, 0.5) is 5.69 Å². The van der Waals surface area contributed by atoms with E-state index in [2.05, 4.69) is 4.99 Å². The van der Waals surface area contributed by atoms with Crippen LogP contribution in [-0.4, -0.2) is 30.2 Å². The molecule has 42 heavy (non-hydrogen) atoms. The molecule has 1 atom stereocenters. The Bertz CT molecular complexity index is 1940. The monoisotopic (exact) mass is 599 g/mol. The minimum Gasteiger partial charge on any atom is -0.497 e. The van der Waals surface area contributed by atoms with Crippen LogP contribution in [-0.2, 0) is 20.9 Å². The minimum atomic E-state index is -0.794. The van der Waals surface area contributed by atoms with Crippen LogP contribution in [0, 0.1) is 0 Å². The zero-order valence-corrected chi connectivity index (χ0v) is 24.7. The normalized spacial score (nSPS) is 17.1. The van der Waals surface area contributed by atoms with E-state index in [1.807, 2.05) is 48.5 Å². The first-order chi connectivity index (χ1) is 20.3. The molecule has 0 saturated carbocycles. The average Bonchev–Trinajstić information content (AvgIpc) is 3.45. The van der Waals surface area contributed by atoms with Crippen molar-refractivity contribution in [2.24, 2.45) is 4.99 Å². The van der Waals surface area contributed by atoms with Crippen LogP contribution in [0.5, 0.6) is 5.75 Å². The molecule has 1 aromatic heterocycles. The van der Waals surface area contributed by atoms with Gasteiger partial charge in [0.25, 0.3) is 11.5 Å². The van der Waals surface area contributed by atoms with Crippen molar-refractivity contribution in [3.05, 3.63) is 125 Å². The van der Waals surface area contributed by atoms with Gasteiger partial charge in [-0.3, -0.25) is 14.2 Å². The average molecular weight is 600 g/mol. The number of esters is 1. The van der Waals surface area contributed by atoms with E-state index >= 15 is 0 Å². The number of anilines is 1. The van der Waals surface area contributed by atoms with Crippen molar-refractivity contribution in [2.75, 3.05) is 18.6 Å². The second-order valence-electron chi connectivity index (χ2n) is 9.81. The molecule has 8 nitrogen and oxygen atoms in total. The highest BCUT2D eigenvalue weighted by molar-refractivity contribution is 7.07. The van der Waals surface area contributed by atoms with E-state index in [-0.39, 0.29) is 22.6 Å². The number of carbonyl (C=O) groups excluding carboxylic acids is 2. The molecule has 0 N–H and O–H groups in total. The zero-order valence-electron chi connectivity index (χ0n) is 23.1. The van der Waals surface area contributed by atoms with Crippen molar-refractivity contribution in [3.8, 4) is 5.75 Å². The molecule has 2 aliphatic heterocycles. The van der Waals surface area contributed by atoms with Crippen molar-refractivity contribution in [1.29, 1.82) is 0 Å². The first-order valence-corrected chi connectivity index (χ1v) is 14.5. The molecule has 4 aromatic rings.